The minimum absolute atomic E-state index is 0.154. The number of esters is 1. The normalized spacial score (nSPS) is 10.8. The molecule has 3 aromatic rings. The van der Waals surface area contributed by atoms with Crippen LogP contribution < -0.4 is 0 Å². The van der Waals surface area contributed by atoms with Crippen LogP contribution in [0.3, 0.4) is 0 Å². The molecule has 4 nitrogen and oxygen atoms in total. The first-order valence-corrected chi connectivity index (χ1v) is 8.52. The minimum Gasteiger partial charge on any atom is -0.466 e. The first-order chi connectivity index (χ1) is 11.3. The molecular formula is C18H18N2O2S. The molecule has 0 amide bonds. The molecule has 3 rings (SSSR count). The van der Waals surface area contributed by atoms with Crippen molar-refractivity contribution in [1.29, 1.82) is 0 Å². The summed E-state index contributed by atoms with van der Waals surface area (Å²) in [5, 5.41) is 0.986. The van der Waals surface area contributed by atoms with E-state index in [-0.39, 0.29) is 5.97 Å². The van der Waals surface area contributed by atoms with Crippen molar-refractivity contribution >= 4 is 27.5 Å². The lowest BCUT2D eigenvalue weighted by atomic mass is 10.1. The Kier molecular flexibility index (Phi) is 5.32. The monoisotopic (exact) mass is 326 g/mol. The number of hydrogen-bond acceptors (Lipinski definition) is 5. The maximum absolute atomic E-state index is 11.8. The van der Waals surface area contributed by atoms with Gasteiger partial charge in [-0.05, 0) is 42.7 Å². The molecule has 0 atom stereocenters. The summed E-state index contributed by atoms with van der Waals surface area (Å²) in [7, 11) is 0. The molecule has 0 radical (unpaired) electrons. The van der Waals surface area contributed by atoms with Crippen LogP contribution in [0.1, 0.15) is 23.4 Å². The van der Waals surface area contributed by atoms with Crippen molar-refractivity contribution in [3.05, 3.63) is 59.4 Å². The molecular weight excluding hydrogens is 308 g/mol. The Bertz CT molecular complexity index is 738. The number of hydrogen-bond donors (Lipinski definition) is 0. The first-order valence-electron chi connectivity index (χ1n) is 7.70. The van der Waals surface area contributed by atoms with Crippen molar-refractivity contribution in [3.8, 4) is 0 Å². The zero-order chi connectivity index (χ0) is 15.9. The van der Waals surface area contributed by atoms with Gasteiger partial charge in [0.2, 0.25) is 0 Å². The molecule has 0 N–H and O–H groups in total. The average Bonchev–Trinajstić information content (AvgIpc) is 3.01. The number of carbonyl (C=O) groups excluding carboxylic acids is 1. The lowest BCUT2D eigenvalue weighted by Gasteiger charge is -2.04. The standard InChI is InChI=1S/C18H18N2O2S/c21-18(22-13-3-4-14-9-11-19-12-10-14)8-7-17-20-15-5-1-2-6-16(15)23-17/h1-2,5-6,9-12H,3-4,7-8,13H2. The number of pyridine rings is 1. The number of para-hydroxylation sites is 1. The van der Waals surface area contributed by atoms with Crippen molar-refractivity contribution in [3.63, 3.8) is 0 Å². The Balaban J connectivity index is 1.38. The molecule has 5 heteroatoms. The van der Waals surface area contributed by atoms with Crippen LogP contribution in [0.25, 0.3) is 10.2 Å². The average molecular weight is 326 g/mol. The molecule has 118 valence electrons. The van der Waals surface area contributed by atoms with Gasteiger partial charge in [0.15, 0.2) is 0 Å². The summed E-state index contributed by atoms with van der Waals surface area (Å²) in [6.07, 6.45) is 6.31. The third-order valence-corrected chi connectivity index (χ3v) is 4.60. The second-order valence-corrected chi connectivity index (χ2v) is 6.37. The summed E-state index contributed by atoms with van der Waals surface area (Å²) >= 11 is 1.64. The lowest BCUT2D eigenvalue weighted by Crippen LogP contribution is -2.07. The molecule has 2 heterocycles. The molecule has 0 aliphatic rings. The number of carbonyl (C=O) groups is 1. The Morgan fingerprint density at radius 3 is 2.74 bits per heavy atom. The van der Waals surface area contributed by atoms with Gasteiger partial charge in [0.25, 0.3) is 0 Å². The second-order valence-electron chi connectivity index (χ2n) is 5.25. The second kappa shape index (κ2) is 7.83. The number of rotatable bonds is 7. The topological polar surface area (TPSA) is 52.1 Å². The van der Waals surface area contributed by atoms with E-state index in [4.69, 9.17) is 4.74 Å². The number of fused-ring (bicyclic) bond motifs is 1. The fourth-order valence-electron chi connectivity index (χ4n) is 2.32. The Morgan fingerprint density at radius 1 is 1.09 bits per heavy atom. The Labute approximate surface area is 139 Å². The Morgan fingerprint density at radius 2 is 1.91 bits per heavy atom. The van der Waals surface area contributed by atoms with E-state index in [0.29, 0.717) is 19.4 Å². The third kappa shape index (κ3) is 4.60. The summed E-state index contributed by atoms with van der Waals surface area (Å²) in [5.41, 5.74) is 2.21. The zero-order valence-electron chi connectivity index (χ0n) is 12.8. The van der Waals surface area contributed by atoms with E-state index in [1.807, 2.05) is 36.4 Å². The van der Waals surface area contributed by atoms with Gasteiger partial charge in [0.1, 0.15) is 0 Å². The highest BCUT2D eigenvalue weighted by Crippen LogP contribution is 2.22. The van der Waals surface area contributed by atoms with E-state index in [0.717, 1.165) is 28.1 Å². The van der Waals surface area contributed by atoms with E-state index in [2.05, 4.69) is 9.97 Å². The van der Waals surface area contributed by atoms with Crippen LogP contribution in [0.5, 0.6) is 0 Å². The van der Waals surface area contributed by atoms with Gasteiger partial charge in [-0.15, -0.1) is 11.3 Å². The van der Waals surface area contributed by atoms with Gasteiger partial charge in [-0.1, -0.05) is 12.1 Å². The first kappa shape index (κ1) is 15.6. The molecule has 0 aliphatic heterocycles. The van der Waals surface area contributed by atoms with Crippen LogP contribution >= 0.6 is 11.3 Å². The van der Waals surface area contributed by atoms with Crippen molar-refractivity contribution < 1.29 is 9.53 Å². The predicted octanol–water partition coefficient (Wildman–Crippen LogP) is 3.80. The number of aryl methyl sites for hydroxylation is 2. The number of thiazole rings is 1. The summed E-state index contributed by atoms with van der Waals surface area (Å²) in [4.78, 5) is 20.3. The number of ether oxygens (including phenoxy) is 1. The molecule has 0 saturated heterocycles. The summed E-state index contributed by atoms with van der Waals surface area (Å²) in [6, 6.07) is 12.0. The van der Waals surface area contributed by atoms with E-state index < -0.39 is 0 Å². The van der Waals surface area contributed by atoms with Crippen molar-refractivity contribution in [2.45, 2.75) is 25.7 Å². The predicted molar refractivity (Wildman–Crippen MR) is 91.5 cm³/mol. The smallest absolute Gasteiger partial charge is 0.306 e. The van der Waals surface area contributed by atoms with Crippen LogP contribution in [-0.4, -0.2) is 22.5 Å². The van der Waals surface area contributed by atoms with Crippen LogP contribution in [0.15, 0.2) is 48.8 Å². The summed E-state index contributed by atoms with van der Waals surface area (Å²) in [6.45, 7) is 0.459. The molecule has 0 aliphatic carbocycles. The van der Waals surface area contributed by atoms with Gasteiger partial charge in [-0.3, -0.25) is 9.78 Å². The van der Waals surface area contributed by atoms with E-state index >= 15 is 0 Å². The van der Waals surface area contributed by atoms with Crippen molar-refractivity contribution in [1.82, 2.24) is 9.97 Å². The number of nitrogens with zero attached hydrogens (tertiary/aromatic N) is 2. The molecule has 1 aromatic carbocycles. The van der Waals surface area contributed by atoms with Crippen molar-refractivity contribution in [2.75, 3.05) is 6.61 Å². The van der Waals surface area contributed by atoms with Gasteiger partial charge in [-0.2, -0.15) is 0 Å². The minimum atomic E-state index is -0.154. The molecule has 0 unspecified atom stereocenters. The molecule has 2 aromatic heterocycles. The van der Waals surface area contributed by atoms with Gasteiger partial charge >= 0.3 is 5.97 Å². The Hall–Kier alpha value is -2.27. The van der Waals surface area contributed by atoms with Crippen molar-refractivity contribution in [2.24, 2.45) is 0 Å². The summed E-state index contributed by atoms with van der Waals surface area (Å²) in [5.74, 6) is -0.154. The maximum atomic E-state index is 11.8. The highest BCUT2D eigenvalue weighted by Gasteiger charge is 2.07. The fourth-order valence-corrected chi connectivity index (χ4v) is 3.29. The fraction of sp³-hybridized carbons (Fsp3) is 0.278. The van der Waals surface area contributed by atoms with E-state index in [1.165, 1.54) is 5.56 Å². The van der Waals surface area contributed by atoms with Crippen LogP contribution in [0.4, 0.5) is 0 Å². The SMILES string of the molecule is O=C(CCc1nc2ccccc2s1)OCCCc1ccncc1. The molecule has 23 heavy (non-hydrogen) atoms. The van der Waals surface area contributed by atoms with Crippen LogP contribution in [0, 0.1) is 0 Å². The molecule has 0 saturated carbocycles. The lowest BCUT2D eigenvalue weighted by molar-refractivity contribution is -0.143. The number of aromatic nitrogens is 2. The van der Waals surface area contributed by atoms with E-state index in [1.54, 1.807) is 23.7 Å². The van der Waals surface area contributed by atoms with Crippen LogP contribution in [-0.2, 0) is 22.4 Å². The highest BCUT2D eigenvalue weighted by molar-refractivity contribution is 7.18. The molecule has 0 bridgehead atoms. The zero-order valence-corrected chi connectivity index (χ0v) is 13.6. The summed E-state index contributed by atoms with van der Waals surface area (Å²) < 4.78 is 6.44. The van der Waals surface area contributed by atoms with Crippen LogP contribution in [0.2, 0.25) is 0 Å². The quantitative estimate of drug-likeness (QED) is 0.489. The van der Waals surface area contributed by atoms with Gasteiger partial charge in [0, 0.05) is 18.8 Å². The van der Waals surface area contributed by atoms with E-state index in [9.17, 15) is 4.79 Å². The molecule has 0 fully saturated rings. The largest absolute Gasteiger partial charge is 0.466 e. The van der Waals surface area contributed by atoms with Gasteiger partial charge < -0.3 is 4.74 Å². The highest BCUT2D eigenvalue weighted by atomic mass is 32.1. The van der Waals surface area contributed by atoms with Gasteiger partial charge in [0.05, 0.1) is 28.3 Å². The number of benzene rings is 1. The third-order valence-electron chi connectivity index (χ3n) is 3.50. The molecule has 0 spiro atoms. The van der Waals surface area contributed by atoms with Gasteiger partial charge in [-0.25, -0.2) is 4.98 Å². The maximum Gasteiger partial charge on any atom is 0.306 e.